The fraction of sp³-hybridized carbons (Fsp3) is 0.143. The molecule has 1 aromatic heterocycles. The number of nitrogens with zero attached hydrogens (tertiary/aromatic N) is 4. The summed E-state index contributed by atoms with van der Waals surface area (Å²) < 4.78 is 0.587. The summed E-state index contributed by atoms with van der Waals surface area (Å²) in [5.41, 5.74) is 1.51. The summed E-state index contributed by atoms with van der Waals surface area (Å²) in [6.45, 7) is 2.48. The number of likely N-dealkylation sites (N-methyl/N-ethyl adjacent to an activating group) is 1. The Morgan fingerprint density at radius 3 is 2.76 bits per heavy atom. The Kier molecular flexibility index (Phi) is 3.85. The van der Waals surface area contributed by atoms with Gasteiger partial charge in [-0.15, -0.1) is 5.10 Å². The van der Waals surface area contributed by atoms with Crippen molar-refractivity contribution < 1.29 is 4.79 Å². The Morgan fingerprint density at radius 2 is 2.10 bits per heavy atom. The molecule has 1 saturated heterocycles. The van der Waals surface area contributed by atoms with Crippen LogP contribution in [0.1, 0.15) is 12.6 Å². The Balaban J connectivity index is 1.87. The van der Waals surface area contributed by atoms with Gasteiger partial charge in [-0.05, 0) is 25.1 Å². The number of aromatic nitrogens is 3. The van der Waals surface area contributed by atoms with Gasteiger partial charge < -0.3 is 0 Å². The van der Waals surface area contributed by atoms with Gasteiger partial charge in [0.05, 0.1) is 16.8 Å². The number of para-hydroxylation sites is 1. The molecule has 7 heteroatoms. The van der Waals surface area contributed by atoms with Gasteiger partial charge in [0.1, 0.15) is 10.0 Å². The molecule has 1 fully saturated rings. The van der Waals surface area contributed by atoms with Gasteiger partial charge in [-0.2, -0.15) is 9.90 Å². The lowest BCUT2D eigenvalue weighted by Crippen LogP contribution is -2.27. The molecule has 0 atom stereocenters. The van der Waals surface area contributed by atoms with Crippen LogP contribution in [0.15, 0.2) is 41.4 Å². The van der Waals surface area contributed by atoms with Crippen molar-refractivity contribution in [2.75, 3.05) is 6.54 Å². The second-order valence-electron chi connectivity index (χ2n) is 4.32. The van der Waals surface area contributed by atoms with Crippen LogP contribution in [-0.4, -0.2) is 36.7 Å². The lowest BCUT2D eigenvalue weighted by molar-refractivity contribution is -0.121. The lowest BCUT2D eigenvalue weighted by atomic mass is 10.3. The van der Waals surface area contributed by atoms with Crippen LogP contribution in [0.2, 0.25) is 0 Å². The predicted molar refractivity (Wildman–Crippen MR) is 86.9 cm³/mol. The minimum absolute atomic E-state index is 0.0678. The lowest BCUT2D eigenvalue weighted by Gasteiger charge is -2.09. The van der Waals surface area contributed by atoms with Gasteiger partial charge in [0.25, 0.3) is 5.91 Å². The fourth-order valence-electron chi connectivity index (χ4n) is 1.93. The van der Waals surface area contributed by atoms with E-state index in [0.29, 0.717) is 21.5 Å². The molecule has 0 saturated carbocycles. The highest BCUT2D eigenvalue weighted by atomic mass is 32.2. The molecule has 5 nitrogen and oxygen atoms in total. The van der Waals surface area contributed by atoms with Crippen LogP contribution < -0.4 is 0 Å². The first kappa shape index (κ1) is 14.0. The molecule has 0 aliphatic carbocycles. The zero-order chi connectivity index (χ0) is 14.8. The van der Waals surface area contributed by atoms with Crippen molar-refractivity contribution in [1.29, 1.82) is 0 Å². The van der Waals surface area contributed by atoms with Gasteiger partial charge in [-0.25, -0.2) is 0 Å². The van der Waals surface area contributed by atoms with Crippen LogP contribution in [0, 0.1) is 0 Å². The molecule has 1 aliphatic rings. The van der Waals surface area contributed by atoms with Crippen LogP contribution in [0.5, 0.6) is 0 Å². The van der Waals surface area contributed by atoms with Crippen molar-refractivity contribution in [1.82, 2.24) is 19.9 Å². The Hall–Kier alpha value is -1.99. The van der Waals surface area contributed by atoms with Crippen LogP contribution >= 0.6 is 24.0 Å². The summed E-state index contributed by atoms with van der Waals surface area (Å²) in [5.74, 6) is -0.0678. The smallest absolute Gasteiger partial charge is 0.266 e. The van der Waals surface area contributed by atoms with Crippen molar-refractivity contribution in [3.05, 3.63) is 47.1 Å². The number of carbonyl (C=O) groups is 1. The van der Waals surface area contributed by atoms with Crippen LogP contribution in [0.4, 0.5) is 0 Å². The van der Waals surface area contributed by atoms with E-state index in [1.54, 1.807) is 17.2 Å². The quantitative estimate of drug-likeness (QED) is 0.643. The van der Waals surface area contributed by atoms with E-state index < -0.39 is 0 Å². The molecule has 0 unspecified atom stereocenters. The molecule has 1 aliphatic heterocycles. The average molecular weight is 316 g/mol. The number of thioether (sulfide) groups is 1. The van der Waals surface area contributed by atoms with Crippen LogP contribution in [0.25, 0.3) is 11.8 Å². The summed E-state index contributed by atoms with van der Waals surface area (Å²) in [7, 11) is 0. The van der Waals surface area contributed by atoms with Crippen molar-refractivity contribution in [3.8, 4) is 5.69 Å². The van der Waals surface area contributed by atoms with Gasteiger partial charge in [-0.3, -0.25) is 9.69 Å². The fourth-order valence-corrected chi connectivity index (χ4v) is 3.30. The second-order valence-corrected chi connectivity index (χ2v) is 6.00. The molecule has 1 aromatic carbocycles. The van der Waals surface area contributed by atoms with E-state index in [9.17, 15) is 4.79 Å². The number of carbonyl (C=O) groups excluding carboxylic acids is 1. The third-order valence-electron chi connectivity index (χ3n) is 2.97. The monoisotopic (exact) mass is 316 g/mol. The highest BCUT2D eigenvalue weighted by Gasteiger charge is 2.30. The molecule has 0 radical (unpaired) electrons. The first-order valence-corrected chi connectivity index (χ1v) is 7.64. The molecule has 3 rings (SSSR count). The van der Waals surface area contributed by atoms with Gasteiger partial charge in [0.2, 0.25) is 0 Å². The van der Waals surface area contributed by atoms with E-state index in [2.05, 4.69) is 10.2 Å². The molecule has 0 spiro atoms. The van der Waals surface area contributed by atoms with E-state index in [0.717, 1.165) is 5.69 Å². The van der Waals surface area contributed by atoms with Crippen molar-refractivity contribution in [3.63, 3.8) is 0 Å². The van der Waals surface area contributed by atoms with Crippen molar-refractivity contribution in [2.45, 2.75) is 6.92 Å². The maximum absolute atomic E-state index is 12.1. The largest absolute Gasteiger partial charge is 0.293 e. The number of hydrogen-bond acceptors (Lipinski definition) is 5. The molecule has 1 amide bonds. The normalized spacial score (nSPS) is 17.0. The topological polar surface area (TPSA) is 51.0 Å². The highest BCUT2D eigenvalue weighted by Crippen LogP contribution is 2.31. The Morgan fingerprint density at radius 1 is 1.33 bits per heavy atom. The van der Waals surface area contributed by atoms with Gasteiger partial charge in [-0.1, -0.05) is 42.2 Å². The third-order valence-corrected chi connectivity index (χ3v) is 4.34. The summed E-state index contributed by atoms with van der Waals surface area (Å²) in [6.07, 6.45) is 3.35. The molecule has 2 aromatic rings. The minimum Gasteiger partial charge on any atom is -0.293 e. The van der Waals surface area contributed by atoms with Crippen molar-refractivity contribution >= 4 is 40.3 Å². The third kappa shape index (κ3) is 2.74. The SMILES string of the molecule is CCN1C(=O)C(=Cc2cnn(-c3ccccc3)n2)SC1=S. The standard InChI is InChI=1S/C14H12N4OS2/c1-2-17-13(19)12(21-14(17)20)8-10-9-15-18(16-10)11-6-4-3-5-7-11/h3-9H,2H2,1H3. The van der Waals surface area contributed by atoms with Gasteiger partial charge >= 0.3 is 0 Å². The molecular formula is C14H12N4OS2. The number of hydrogen-bond donors (Lipinski definition) is 0. The maximum atomic E-state index is 12.1. The average Bonchev–Trinajstić information content (AvgIpc) is 3.06. The molecule has 2 heterocycles. The minimum atomic E-state index is -0.0678. The molecule has 21 heavy (non-hydrogen) atoms. The van der Waals surface area contributed by atoms with Crippen LogP contribution in [-0.2, 0) is 4.79 Å². The Bertz CT molecular complexity index is 724. The molecule has 106 valence electrons. The maximum Gasteiger partial charge on any atom is 0.266 e. The number of amides is 1. The van der Waals surface area contributed by atoms with Gasteiger partial charge in [0, 0.05) is 6.54 Å². The van der Waals surface area contributed by atoms with Crippen molar-refractivity contribution in [2.24, 2.45) is 0 Å². The summed E-state index contributed by atoms with van der Waals surface area (Å²) >= 11 is 6.48. The summed E-state index contributed by atoms with van der Waals surface area (Å²) in [4.78, 5) is 15.8. The zero-order valence-electron chi connectivity index (χ0n) is 11.3. The molecule has 0 bridgehead atoms. The first-order chi connectivity index (χ1) is 10.2. The van der Waals surface area contributed by atoms with E-state index >= 15 is 0 Å². The first-order valence-electron chi connectivity index (χ1n) is 6.42. The molecule has 0 N–H and O–H groups in total. The van der Waals surface area contributed by atoms with Gasteiger partial charge in [0.15, 0.2) is 0 Å². The van der Waals surface area contributed by atoms with Crippen LogP contribution in [0.3, 0.4) is 0 Å². The second kappa shape index (κ2) is 5.79. The highest BCUT2D eigenvalue weighted by molar-refractivity contribution is 8.26. The van der Waals surface area contributed by atoms with E-state index in [1.165, 1.54) is 16.6 Å². The zero-order valence-corrected chi connectivity index (χ0v) is 12.9. The number of thiocarbonyl (C=S) groups is 1. The van der Waals surface area contributed by atoms with E-state index in [1.807, 2.05) is 37.3 Å². The summed E-state index contributed by atoms with van der Waals surface area (Å²) in [6, 6.07) is 9.61. The number of benzene rings is 1. The molecular weight excluding hydrogens is 304 g/mol. The van der Waals surface area contributed by atoms with E-state index in [-0.39, 0.29) is 5.91 Å². The van der Waals surface area contributed by atoms with E-state index in [4.69, 9.17) is 12.2 Å². The predicted octanol–water partition coefficient (Wildman–Crippen LogP) is 2.49. The number of rotatable bonds is 3. The Labute approximate surface area is 131 Å². The summed E-state index contributed by atoms with van der Waals surface area (Å²) in [5, 5.41) is 8.56.